The smallest absolute Gasteiger partial charge is 0.0991 e. The molecule has 0 saturated carbocycles. The lowest BCUT2D eigenvalue weighted by molar-refractivity contribution is 1.18. The summed E-state index contributed by atoms with van der Waals surface area (Å²) in [6.07, 6.45) is 0. The molecule has 0 aliphatic rings. The molecule has 0 saturated heterocycles. The highest BCUT2D eigenvalue weighted by molar-refractivity contribution is 6.11. The standard InChI is InChI=1S/C45H25N5/c46-26-29-15-18-43-39(21-29)38-13-3-4-14-42(38)49(43)34-9-5-7-32(24-34)36-11-1-2-12-37(36)33-8-6-10-35(25-33)50-44-19-16-30(27-47)22-40(44)41-23-31(28-48)17-20-45(41)50/h1-25H. The van der Waals surface area contributed by atoms with Gasteiger partial charge in [-0.25, -0.2) is 0 Å². The van der Waals surface area contributed by atoms with Crippen molar-refractivity contribution in [3.05, 3.63) is 168 Å². The Kier molecular flexibility index (Phi) is 6.56. The summed E-state index contributed by atoms with van der Waals surface area (Å²) in [5.74, 6) is 0. The van der Waals surface area contributed by atoms with Crippen LogP contribution in [0.1, 0.15) is 16.7 Å². The number of fused-ring (bicyclic) bond motifs is 6. The van der Waals surface area contributed by atoms with Crippen LogP contribution in [0.2, 0.25) is 0 Å². The molecule has 2 heterocycles. The van der Waals surface area contributed by atoms with Crippen LogP contribution in [0.5, 0.6) is 0 Å². The first kappa shape index (κ1) is 28.8. The van der Waals surface area contributed by atoms with Crippen molar-refractivity contribution >= 4 is 43.6 Å². The fraction of sp³-hybridized carbons (Fsp3) is 0. The fourth-order valence-electron chi connectivity index (χ4n) is 7.37. The molecule has 9 aromatic rings. The Hall–Kier alpha value is -7.39. The summed E-state index contributed by atoms with van der Waals surface area (Å²) in [7, 11) is 0. The van der Waals surface area contributed by atoms with Crippen molar-refractivity contribution in [2.24, 2.45) is 0 Å². The van der Waals surface area contributed by atoms with Crippen molar-refractivity contribution in [2.75, 3.05) is 0 Å². The SMILES string of the molecule is N#Cc1ccc2c(c1)c1ccccc1n2-c1cccc(-c2ccccc2-c2cccc(-n3c4ccc(C#N)cc4c4cc(C#N)ccc43)c2)c1. The summed E-state index contributed by atoms with van der Waals surface area (Å²) in [4.78, 5) is 0. The van der Waals surface area contributed by atoms with Crippen LogP contribution >= 0.6 is 0 Å². The normalized spacial score (nSPS) is 11.1. The van der Waals surface area contributed by atoms with E-state index in [0.717, 1.165) is 77.2 Å². The molecular weight excluding hydrogens is 611 g/mol. The third-order valence-corrected chi connectivity index (χ3v) is 9.58. The van der Waals surface area contributed by atoms with Crippen LogP contribution in [0.4, 0.5) is 0 Å². The molecule has 0 N–H and O–H groups in total. The first-order valence-electron chi connectivity index (χ1n) is 16.3. The molecule has 0 spiro atoms. The van der Waals surface area contributed by atoms with Crippen molar-refractivity contribution in [1.82, 2.24) is 9.13 Å². The van der Waals surface area contributed by atoms with Crippen molar-refractivity contribution < 1.29 is 0 Å². The molecular formula is C45H25N5. The Balaban J connectivity index is 1.20. The first-order valence-corrected chi connectivity index (χ1v) is 16.3. The summed E-state index contributed by atoms with van der Waals surface area (Å²) in [6.45, 7) is 0. The van der Waals surface area contributed by atoms with E-state index in [2.05, 4.69) is 118 Å². The lowest BCUT2D eigenvalue weighted by atomic mass is 9.94. The van der Waals surface area contributed by atoms with E-state index in [0.29, 0.717) is 16.7 Å². The van der Waals surface area contributed by atoms with Crippen LogP contribution in [0, 0.1) is 34.0 Å². The van der Waals surface area contributed by atoms with Gasteiger partial charge in [-0.05, 0) is 107 Å². The zero-order chi connectivity index (χ0) is 33.8. The number of hydrogen-bond donors (Lipinski definition) is 0. The monoisotopic (exact) mass is 635 g/mol. The molecule has 0 unspecified atom stereocenters. The third kappa shape index (κ3) is 4.45. The van der Waals surface area contributed by atoms with Crippen LogP contribution in [-0.2, 0) is 0 Å². The van der Waals surface area contributed by atoms with E-state index in [4.69, 9.17) is 0 Å². The highest BCUT2D eigenvalue weighted by Gasteiger charge is 2.17. The maximum absolute atomic E-state index is 9.64. The van der Waals surface area contributed by atoms with E-state index in [1.54, 1.807) is 0 Å². The molecule has 230 valence electrons. The van der Waals surface area contributed by atoms with E-state index < -0.39 is 0 Å². The van der Waals surface area contributed by atoms with Gasteiger partial charge < -0.3 is 9.13 Å². The van der Waals surface area contributed by atoms with Gasteiger partial charge in [-0.1, -0.05) is 66.7 Å². The highest BCUT2D eigenvalue weighted by atomic mass is 15.0. The largest absolute Gasteiger partial charge is 0.309 e. The Morgan fingerprint density at radius 2 is 0.740 bits per heavy atom. The number of nitrogens with zero attached hydrogens (tertiary/aromatic N) is 5. The van der Waals surface area contributed by atoms with Crippen molar-refractivity contribution in [2.45, 2.75) is 0 Å². The summed E-state index contributed by atoms with van der Waals surface area (Å²) in [6, 6.07) is 58.1. The van der Waals surface area contributed by atoms with E-state index in [1.807, 2.05) is 60.7 Å². The Morgan fingerprint density at radius 1 is 0.340 bits per heavy atom. The molecule has 0 fully saturated rings. The highest BCUT2D eigenvalue weighted by Crippen LogP contribution is 2.38. The molecule has 9 rings (SSSR count). The zero-order valence-corrected chi connectivity index (χ0v) is 26.7. The van der Waals surface area contributed by atoms with Crippen molar-refractivity contribution in [3.63, 3.8) is 0 Å². The summed E-state index contributed by atoms with van der Waals surface area (Å²) in [5, 5.41) is 32.9. The lowest BCUT2D eigenvalue weighted by Crippen LogP contribution is -1.96. The van der Waals surface area contributed by atoms with Gasteiger partial charge in [-0.15, -0.1) is 0 Å². The van der Waals surface area contributed by atoms with Crippen LogP contribution in [0.15, 0.2) is 152 Å². The minimum absolute atomic E-state index is 0.580. The molecule has 0 aliphatic carbocycles. The van der Waals surface area contributed by atoms with Gasteiger partial charge in [0, 0.05) is 32.9 Å². The molecule has 7 aromatic carbocycles. The molecule has 0 radical (unpaired) electrons. The second kappa shape index (κ2) is 11.4. The molecule has 0 bridgehead atoms. The Bertz CT molecular complexity index is 2900. The van der Waals surface area contributed by atoms with Crippen molar-refractivity contribution in [1.29, 1.82) is 15.8 Å². The lowest BCUT2D eigenvalue weighted by Gasteiger charge is -2.15. The van der Waals surface area contributed by atoms with Gasteiger partial charge in [0.2, 0.25) is 0 Å². The van der Waals surface area contributed by atoms with Crippen LogP contribution in [0.25, 0.3) is 77.2 Å². The van der Waals surface area contributed by atoms with Crippen LogP contribution in [-0.4, -0.2) is 9.13 Å². The Morgan fingerprint density at radius 3 is 1.20 bits per heavy atom. The number of aromatic nitrogens is 2. The quantitative estimate of drug-likeness (QED) is 0.193. The molecule has 0 aliphatic heterocycles. The second-order valence-electron chi connectivity index (χ2n) is 12.4. The van der Waals surface area contributed by atoms with Gasteiger partial charge in [-0.3, -0.25) is 0 Å². The molecule has 50 heavy (non-hydrogen) atoms. The number of benzene rings is 7. The van der Waals surface area contributed by atoms with Crippen LogP contribution < -0.4 is 0 Å². The first-order chi connectivity index (χ1) is 24.6. The minimum Gasteiger partial charge on any atom is -0.309 e. The second-order valence-corrected chi connectivity index (χ2v) is 12.4. The predicted octanol–water partition coefficient (Wildman–Crippen LogP) is 10.8. The van der Waals surface area contributed by atoms with Crippen LogP contribution in [0.3, 0.4) is 0 Å². The van der Waals surface area contributed by atoms with Gasteiger partial charge in [0.25, 0.3) is 0 Å². The summed E-state index contributed by atoms with van der Waals surface area (Å²) >= 11 is 0. The minimum atomic E-state index is 0.580. The van der Waals surface area contributed by atoms with E-state index in [9.17, 15) is 15.8 Å². The van der Waals surface area contributed by atoms with Gasteiger partial charge in [0.05, 0.1) is 57.0 Å². The van der Waals surface area contributed by atoms with Gasteiger partial charge in [0.15, 0.2) is 0 Å². The predicted molar refractivity (Wildman–Crippen MR) is 200 cm³/mol. The average molecular weight is 636 g/mol. The zero-order valence-electron chi connectivity index (χ0n) is 26.7. The summed E-state index contributed by atoms with van der Waals surface area (Å²) < 4.78 is 4.48. The number of nitriles is 3. The molecule has 2 aromatic heterocycles. The maximum atomic E-state index is 9.64. The van der Waals surface area contributed by atoms with E-state index in [1.165, 1.54) is 0 Å². The van der Waals surface area contributed by atoms with Gasteiger partial charge in [-0.2, -0.15) is 15.8 Å². The summed E-state index contributed by atoms with van der Waals surface area (Å²) in [5.41, 5.74) is 12.3. The van der Waals surface area contributed by atoms with E-state index in [-0.39, 0.29) is 0 Å². The fourth-order valence-corrected chi connectivity index (χ4v) is 7.37. The molecule has 5 nitrogen and oxygen atoms in total. The number of rotatable bonds is 4. The molecule has 0 amide bonds. The topological polar surface area (TPSA) is 81.2 Å². The van der Waals surface area contributed by atoms with Crippen molar-refractivity contribution in [3.8, 4) is 51.8 Å². The van der Waals surface area contributed by atoms with Gasteiger partial charge in [0.1, 0.15) is 0 Å². The van der Waals surface area contributed by atoms with E-state index >= 15 is 0 Å². The maximum Gasteiger partial charge on any atom is 0.0991 e. The van der Waals surface area contributed by atoms with Gasteiger partial charge >= 0.3 is 0 Å². The average Bonchev–Trinajstić information content (AvgIpc) is 3.69. The molecule has 0 atom stereocenters. The molecule has 5 heteroatoms. The number of para-hydroxylation sites is 1. The Labute approximate surface area is 287 Å². The number of hydrogen-bond acceptors (Lipinski definition) is 3. The third-order valence-electron chi connectivity index (χ3n) is 9.58.